The molecule has 0 heterocycles. The first-order chi connectivity index (χ1) is 8.56. The molecule has 0 atom stereocenters. The number of rotatable bonds is 2. The number of hydrogen-bond acceptors (Lipinski definition) is 1. The molecule has 2 heteroatoms. The third-order valence-electron chi connectivity index (χ3n) is 5.45. The van der Waals surface area contributed by atoms with Crippen molar-refractivity contribution in [1.82, 2.24) is 0 Å². The lowest BCUT2D eigenvalue weighted by atomic mass is 9.51. The lowest BCUT2D eigenvalue weighted by Crippen LogP contribution is -2.47. The van der Waals surface area contributed by atoms with Gasteiger partial charge in [-0.3, -0.25) is 4.79 Å². The van der Waals surface area contributed by atoms with Gasteiger partial charge in [-0.2, -0.15) is 0 Å². The SMILES string of the molecule is CC(=O)C12CCC(c3ccc(Br)cc3)(CC1)CC2. The minimum atomic E-state index is 0.0388. The highest BCUT2D eigenvalue weighted by Gasteiger charge is 2.51. The second kappa shape index (κ2) is 4.19. The highest BCUT2D eigenvalue weighted by atomic mass is 79.9. The van der Waals surface area contributed by atoms with Crippen LogP contribution in [0.15, 0.2) is 28.7 Å². The molecule has 3 aliphatic carbocycles. The van der Waals surface area contributed by atoms with Crippen LogP contribution in [0.2, 0.25) is 0 Å². The Hall–Kier alpha value is -0.630. The number of Topliss-reactive ketones (excluding diaryl/α,β-unsaturated/α-hetero) is 1. The second-order valence-electron chi connectivity index (χ2n) is 6.12. The molecule has 0 spiro atoms. The number of carbonyl (C=O) groups excluding carboxylic acids is 1. The zero-order chi connectivity index (χ0) is 12.8. The van der Waals surface area contributed by atoms with Gasteiger partial charge in [0.2, 0.25) is 0 Å². The average molecular weight is 307 g/mol. The molecule has 1 nitrogen and oxygen atoms in total. The molecule has 96 valence electrons. The van der Waals surface area contributed by atoms with Crippen molar-refractivity contribution in [2.45, 2.75) is 50.9 Å². The Morgan fingerprint density at radius 3 is 1.94 bits per heavy atom. The van der Waals surface area contributed by atoms with Crippen LogP contribution < -0.4 is 0 Å². The first kappa shape index (κ1) is 12.4. The Bertz CT molecular complexity index is 450. The van der Waals surface area contributed by atoms with Gasteiger partial charge in [-0.1, -0.05) is 28.1 Å². The summed E-state index contributed by atoms with van der Waals surface area (Å²) in [4.78, 5) is 11.9. The van der Waals surface area contributed by atoms with E-state index in [0.29, 0.717) is 11.2 Å². The van der Waals surface area contributed by atoms with Gasteiger partial charge in [-0.05, 0) is 68.6 Å². The topological polar surface area (TPSA) is 17.1 Å². The molecule has 2 bridgehead atoms. The van der Waals surface area contributed by atoms with Crippen LogP contribution in [0, 0.1) is 5.41 Å². The quantitative estimate of drug-likeness (QED) is 0.778. The Labute approximate surface area is 117 Å². The predicted molar refractivity (Wildman–Crippen MR) is 76.6 cm³/mol. The Morgan fingerprint density at radius 1 is 1.00 bits per heavy atom. The van der Waals surface area contributed by atoms with Crippen LogP contribution in [0.25, 0.3) is 0 Å². The Kier molecular flexibility index (Phi) is 2.89. The summed E-state index contributed by atoms with van der Waals surface area (Å²) in [6.45, 7) is 1.79. The van der Waals surface area contributed by atoms with Crippen LogP contribution in [-0.2, 0) is 10.2 Å². The van der Waals surface area contributed by atoms with Gasteiger partial charge in [0.05, 0.1) is 0 Å². The summed E-state index contributed by atoms with van der Waals surface area (Å²) < 4.78 is 1.15. The summed E-state index contributed by atoms with van der Waals surface area (Å²) in [6.07, 6.45) is 6.85. The van der Waals surface area contributed by atoms with E-state index in [1.165, 1.54) is 24.8 Å². The van der Waals surface area contributed by atoms with Gasteiger partial charge in [0.15, 0.2) is 0 Å². The van der Waals surface area contributed by atoms with E-state index in [2.05, 4.69) is 40.2 Å². The van der Waals surface area contributed by atoms with E-state index in [4.69, 9.17) is 0 Å². The number of ketones is 1. The van der Waals surface area contributed by atoms with E-state index in [0.717, 1.165) is 23.7 Å². The third-order valence-corrected chi connectivity index (χ3v) is 5.98. The van der Waals surface area contributed by atoms with Crippen LogP contribution >= 0.6 is 15.9 Å². The maximum absolute atomic E-state index is 11.9. The molecular weight excluding hydrogens is 288 g/mol. The first-order valence-electron chi connectivity index (χ1n) is 6.84. The maximum Gasteiger partial charge on any atom is 0.135 e. The van der Waals surface area contributed by atoms with E-state index < -0.39 is 0 Å². The molecule has 3 aliphatic rings. The monoisotopic (exact) mass is 306 g/mol. The highest BCUT2D eigenvalue weighted by molar-refractivity contribution is 9.10. The van der Waals surface area contributed by atoms with Crippen LogP contribution in [0.3, 0.4) is 0 Å². The van der Waals surface area contributed by atoms with Gasteiger partial charge in [0.25, 0.3) is 0 Å². The zero-order valence-corrected chi connectivity index (χ0v) is 12.4. The summed E-state index contributed by atoms with van der Waals surface area (Å²) in [7, 11) is 0. The molecule has 0 saturated heterocycles. The Morgan fingerprint density at radius 2 is 1.50 bits per heavy atom. The third kappa shape index (κ3) is 1.77. The van der Waals surface area contributed by atoms with Crippen molar-refractivity contribution in [3.05, 3.63) is 34.3 Å². The predicted octanol–water partition coefficient (Wildman–Crippen LogP) is 4.63. The zero-order valence-electron chi connectivity index (χ0n) is 10.8. The molecule has 0 amide bonds. The normalized spacial score (nSPS) is 34.6. The lowest BCUT2D eigenvalue weighted by molar-refractivity contribution is -0.133. The number of hydrogen-bond donors (Lipinski definition) is 0. The summed E-state index contributed by atoms with van der Waals surface area (Å²) >= 11 is 3.50. The molecule has 0 unspecified atom stereocenters. The van der Waals surface area contributed by atoms with Gasteiger partial charge < -0.3 is 0 Å². The van der Waals surface area contributed by atoms with Crippen LogP contribution in [0.5, 0.6) is 0 Å². The van der Waals surface area contributed by atoms with E-state index in [1.54, 1.807) is 6.92 Å². The fourth-order valence-corrected chi connectivity index (χ4v) is 4.21. The van der Waals surface area contributed by atoms with Gasteiger partial charge >= 0.3 is 0 Å². The summed E-state index contributed by atoms with van der Waals surface area (Å²) in [6, 6.07) is 8.81. The van der Waals surface area contributed by atoms with E-state index >= 15 is 0 Å². The van der Waals surface area contributed by atoms with Gasteiger partial charge in [-0.15, -0.1) is 0 Å². The van der Waals surface area contributed by atoms with Crippen LogP contribution in [0.1, 0.15) is 51.0 Å². The molecule has 0 aliphatic heterocycles. The van der Waals surface area contributed by atoms with Gasteiger partial charge in [-0.25, -0.2) is 0 Å². The van der Waals surface area contributed by atoms with Crippen molar-refractivity contribution in [3.8, 4) is 0 Å². The van der Waals surface area contributed by atoms with Crippen molar-refractivity contribution in [2.75, 3.05) is 0 Å². The number of benzene rings is 1. The van der Waals surface area contributed by atoms with Crippen LogP contribution in [0.4, 0.5) is 0 Å². The fraction of sp³-hybridized carbons (Fsp3) is 0.562. The van der Waals surface area contributed by atoms with Crippen molar-refractivity contribution in [1.29, 1.82) is 0 Å². The van der Waals surface area contributed by atoms with E-state index in [-0.39, 0.29) is 5.41 Å². The minimum absolute atomic E-state index is 0.0388. The molecule has 1 aromatic rings. The molecule has 18 heavy (non-hydrogen) atoms. The average Bonchev–Trinajstić information content (AvgIpc) is 2.41. The Balaban J connectivity index is 1.88. The number of halogens is 1. The minimum Gasteiger partial charge on any atom is -0.299 e. The molecule has 1 aromatic carbocycles. The molecule has 0 aromatic heterocycles. The first-order valence-corrected chi connectivity index (χ1v) is 7.63. The molecule has 0 radical (unpaired) electrons. The van der Waals surface area contributed by atoms with Crippen molar-refractivity contribution < 1.29 is 4.79 Å². The fourth-order valence-electron chi connectivity index (χ4n) is 3.95. The number of carbonyl (C=O) groups is 1. The molecule has 4 rings (SSSR count). The lowest BCUT2D eigenvalue weighted by Gasteiger charge is -2.52. The van der Waals surface area contributed by atoms with E-state index in [1.807, 2.05) is 0 Å². The van der Waals surface area contributed by atoms with Crippen molar-refractivity contribution in [3.63, 3.8) is 0 Å². The summed E-state index contributed by atoms with van der Waals surface area (Å²) in [5, 5.41) is 0. The summed E-state index contributed by atoms with van der Waals surface area (Å²) in [5.41, 5.74) is 1.87. The molecular formula is C16H19BrO. The van der Waals surface area contributed by atoms with Crippen molar-refractivity contribution in [2.24, 2.45) is 5.41 Å². The van der Waals surface area contributed by atoms with E-state index in [9.17, 15) is 4.79 Å². The standard InChI is InChI=1S/C16H19BrO/c1-12(18)15-6-9-16(10-7-15,11-8-15)13-2-4-14(17)5-3-13/h2-5H,6-11H2,1H3. The molecule has 0 N–H and O–H groups in total. The van der Waals surface area contributed by atoms with Gasteiger partial charge in [0.1, 0.15) is 5.78 Å². The van der Waals surface area contributed by atoms with Crippen LogP contribution in [-0.4, -0.2) is 5.78 Å². The largest absolute Gasteiger partial charge is 0.299 e. The summed E-state index contributed by atoms with van der Waals surface area (Å²) in [5.74, 6) is 0.423. The highest BCUT2D eigenvalue weighted by Crippen LogP contribution is 2.58. The molecule has 3 saturated carbocycles. The van der Waals surface area contributed by atoms with Crippen molar-refractivity contribution >= 4 is 21.7 Å². The van der Waals surface area contributed by atoms with Gasteiger partial charge in [0, 0.05) is 9.89 Å². The smallest absolute Gasteiger partial charge is 0.135 e. The molecule has 3 fully saturated rings. The maximum atomic E-state index is 11.9. The second-order valence-corrected chi connectivity index (χ2v) is 7.04. The number of fused-ring (bicyclic) bond motifs is 3.